The molecule has 25 heavy (non-hydrogen) atoms. The van der Waals surface area contributed by atoms with Crippen molar-refractivity contribution in [2.75, 3.05) is 18.4 Å². The monoisotopic (exact) mass is 359 g/mol. The molecular formula is C18H18ClN3O3. The van der Waals surface area contributed by atoms with E-state index in [1.165, 1.54) is 12.1 Å². The molecule has 1 fully saturated rings. The largest absolute Gasteiger partial charge is 0.324 e. The SMILES string of the molecule is O=C(Nc1ccc(Cl)cc1)[C@@H](c1cccc([N+](=O)[O-])c1)N1CCCC1. The summed E-state index contributed by atoms with van der Waals surface area (Å²) in [5.41, 5.74) is 1.26. The molecule has 2 aromatic rings. The maximum Gasteiger partial charge on any atom is 0.269 e. The first kappa shape index (κ1) is 17.4. The molecule has 3 rings (SSSR count). The number of halogens is 1. The number of amides is 1. The van der Waals surface area contributed by atoms with Gasteiger partial charge in [0.05, 0.1) is 4.92 Å². The Kier molecular flexibility index (Phi) is 5.31. The normalized spacial score (nSPS) is 15.7. The van der Waals surface area contributed by atoms with E-state index in [-0.39, 0.29) is 11.6 Å². The number of hydrogen-bond acceptors (Lipinski definition) is 4. The molecule has 0 aromatic heterocycles. The van der Waals surface area contributed by atoms with Gasteiger partial charge < -0.3 is 5.32 Å². The fourth-order valence-corrected chi connectivity index (χ4v) is 3.21. The van der Waals surface area contributed by atoms with E-state index in [4.69, 9.17) is 11.6 Å². The molecule has 130 valence electrons. The number of nitro groups is 1. The second-order valence-corrected chi connectivity index (χ2v) is 6.43. The van der Waals surface area contributed by atoms with E-state index in [1.807, 2.05) is 0 Å². The minimum Gasteiger partial charge on any atom is -0.324 e. The predicted octanol–water partition coefficient (Wildman–Crippen LogP) is 4.02. The number of rotatable bonds is 5. The molecule has 0 aliphatic carbocycles. The molecule has 1 amide bonds. The highest BCUT2D eigenvalue weighted by Gasteiger charge is 2.30. The number of non-ortho nitro benzene ring substituents is 1. The lowest BCUT2D eigenvalue weighted by molar-refractivity contribution is -0.384. The smallest absolute Gasteiger partial charge is 0.269 e. The molecule has 1 heterocycles. The standard InChI is InChI=1S/C18H18ClN3O3/c19-14-6-8-15(9-7-14)20-18(23)17(21-10-1-2-11-21)13-4-3-5-16(12-13)22(24)25/h3-9,12,17H,1-2,10-11H2,(H,20,23)/t17-/m1/s1. The Hall–Kier alpha value is -2.44. The molecule has 1 aliphatic rings. The van der Waals surface area contributed by atoms with Crippen LogP contribution >= 0.6 is 11.6 Å². The maximum absolute atomic E-state index is 12.9. The van der Waals surface area contributed by atoms with Crippen molar-refractivity contribution >= 4 is 28.9 Å². The molecule has 1 saturated heterocycles. The predicted molar refractivity (Wildman–Crippen MR) is 96.7 cm³/mol. The Morgan fingerprint density at radius 3 is 2.48 bits per heavy atom. The zero-order valence-electron chi connectivity index (χ0n) is 13.5. The molecule has 1 N–H and O–H groups in total. The Labute approximate surface area is 150 Å². The molecule has 0 spiro atoms. The third kappa shape index (κ3) is 4.15. The molecule has 2 aromatic carbocycles. The van der Waals surface area contributed by atoms with Crippen molar-refractivity contribution in [2.45, 2.75) is 18.9 Å². The maximum atomic E-state index is 12.9. The van der Waals surface area contributed by atoms with Gasteiger partial charge in [0.1, 0.15) is 6.04 Å². The zero-order valence-corrected chi connectivity index (χ0v) is 14.3. The average Bonchev–Trinajstić information content (AvgIpc) is 3.11. The fraction of sp³-hybridized carbons (Fsp3) is 0.278. The fourth-order valence-electron chi connectivity index (χ4n) is 3.08. The number of hydrogen-bond donors (Lipinski definition) is 1. The van der Waals surface area contributed by atoms with Gasteiger partial charge in [-0.2, -0.15) is 0 Å². The van der Waals surface area contributed by atoms with E-state index >= 15 is 0 Å². The van der Waals surface area contributed by atoms with Gasteiger partial charge >= 0.3 is 0 Å². The van der Waals surface area contributed by atoms with Crippen LogP contribution in [0.25, 0.3) is 0 Å². The van der Waals surface area contributed by atoms with Gasteiger partial charge in [0, 0.05) is 22.8 Å². The molecule has 0 unspecified atom stereocenters. The van der Waals surface area contributed by atoms with Crippen molar-refractivity contribution in [1.82, 2.24) is 4.90 Å². The van der Waals surface area contributed by atoms with Crippen LogP contribution in [0.2, 0.25) is 5.02 Å². The third-order valence-electron chi connectivity index (χ3n) is 4.26. The lowest BCUT2D eigenvalue weighted by Gasteiger charge is -2.26. The second-order valence-electron chi connectivity index (χ2n) is 5.99. The van der Waals surface area contributed by atoms with Crippen molar-refractivity contribution < 1.29 is 9.72 Å². The number of nitrogens with one attached hydrogen (secondary N) is 1. The molecule has 0 saturated carbocycles. The van der Waals surface area contributed by atoms with Crippen LogP contribution in [0.3, 0.4) is 0 Å². The summed E-state index contributed by atoms with van der Waals surface area (Å²) in [6, 6.07) is 12.6. The number of nitro benzene ring substituents is 1. The van der Waals surface area contributed by atoms with Crippen LogP contribution in [-0.4, -0.2) is 28.8 Å². The quantitative estimate of drug-likeness (QED) is 0.646. The molecule has 6 nitrogen and oxygen atoms in total. The molecule has 1 aliphatic heterocycles. The van der Waals surface area contributed by atoms with Crippen molar-refractivity contribution in [3.05, 3.63) is 69.2 Å². The van der Waals surface area contributed by atoms with E-state index in [2.05, 4.69) is 10.2 Å². The minimum absolute atomic E-state index is 0.0130. The summed E-state index contributed by atoms with van der Waals surface area (Å²) in [5, 5.41) is 14.5. The van der Waals surface area contributed by atoms with Gasteiger partial charge in [0.25, 0.3) is 5.69 Å². The Morgan fingerprint density at radius 2 is 1.84 bits per heavy atom. The lowest BCUT2D eigenvalue weighted by atomic mass is 10.0. The zero-order chi connectivity index (χ0) is 17.8. The first-order valence-electron chi connectivity index (χ1n) is 8.09. The van der Waals surface area contributed by atoms with Gasteiger partial charge in [0.2, 0.25) is 5.91 Å². The van der Waals surface area contributed by atoms with Crippen LogP contribution in [0.1, 0.15) is 24.4 Å². The topological polar surface area (TPSA) is 75.5 Å². The highest BCUT2D eigenvalue weighted by molar-refractivity contribution is 6.30. The molecule has 1 atom stereocenters. The van der Waals surface area contributed by atoms with Crippen LogP contribution in [-0.2, 0) is 4.79 Å². The van der Waals surface area contributed by atoms with Gasteiger partial charge in [-0.25, -0.2) is 0 Å². The highest BCUT2D eigenvalue weighted by atomic mass is 35.5. The second kappa shape index (κ2) is 7.63. The summed E-state index contributed by atoms with van der Waals surface area (Å²) >= 11 is 5.87. The Balaban J connectivity index is 1.89. The lowest BCUT2D eigenvalue weighted by Crippen LogP contribution is -2.35. The number of carbonyl (C=O) groups is 1. The van der Waals surface area contributed by atoms with Crippen molar-refractivity contribution in [3.8, 4) is 0 Å². The van der Waals surface area contributed by atoms with Crippen LogP contribution in [0.15, 0.2) is 48.5 Å². The van der Waals surface area contributed by atoms with Crippen LogP contribution < -0.4 is 5.32 Å². The molecular weight excluding hydrogens is 342 g/mol. The van der Waals surface area contributed by atoms with Gasteiger partial charge in [-0.15, -0.1) is 0 Å². The van der Waals surface area contributed by atoms with Gasteiger partial charge in [-0.05, 0) is 55.8 Å². The minimum atomic E-state index is -0.557. The van der Waals surface area contributed by atoms with E-state index in [1.54, 1.807) is 36.4 Å². The Bertz CT molecular complexity index is 773. The van der Waals surface area contributed by atoms with Crippen molar-refractivity contribution in [2.24, 2.45) is 0 Å². The number of carbonyl (C=O) groups excluding carboxylic acids is 1. The van der Waals surface area contributed by atoms with Crippen molar-refractivity contribution in [3.63, 3.8) is 0 Å². The first-order valence-corrected chi connectivity index (χ1v) is 8.47. The van der Waals surface area contributed by atoms with Crippen LogP contribution in [0.4, 0.5) is 11.4 Å². The number of benzene rings is 2. The Morgan fingerprint density at radius 1 is 1.16 bits per heavy atom. The summed E-state index contributed by atoms with van der Waals surface area (Å²) < 4.78 is 0. The summed E-state index contributed by atoms with van der Waals surface area (Å²) in [5.74, 6) is -0.204. The van der Waals surface area contributed by atoms with E-state index in [0.717, 1.165) is 25.9 Å². The van der Waals surface area contributed by atoms with Gasteiger partial charge in [-0.3, -0.25) is 19.8 Å². The van der Waals surface area contributed by atoms with Crippen molar-refractivity contribution in [1.29, 1.82) is 0 Å². The van der Waals surface area contributed by atoms with E-state index in [9.17, 15) is 14.9 Å². The van der Waals surface area contributed by atoms with E-state index in [0.29, 0.717) is 16.3 Å². The molecule has 7 heteroatoms. The van der Waals surface area contributed by atoms with Gasteiger partial charge in [-0.1, -0.05) is 23.7 Å². The molecule has 0 bridgehead atoms. The average molecular weight is 360 g/mol. The third-order valence-corrected chi connectivity index (χ3v) is 4.51. The van der Waals surface area contributed by atoms with Crippen LogP contribution in [0, 0.1) is 10.1 Å². The van der Waals surface area contributed by atoms with Crippen LogP contribution in [0.5, 0.6) is 0 Å². The number of anilines is 1. The number of likely N-dealkylation sites (tertiary alicyclic amines) is 1. The van der Waals surface area contributed by atoms with Gasteiger partial charge in [0.15, 0.2) is 0 Å². The summed E-state index contributed by atoms with van der Waals surface area (Å²) in [7, 11) is 0. The highest BCUT2D eigenvalue weighted by Crippen LogP contribution is 2.29. The summed E-state index contributed by atoms with van der Waals surface area (Å²) in [4.78, 5) is 25.6. The molecule has 0 radical (unpaired) electrons. The summed E-state index contributed by atoms with van der Waals surface area (Å²) in [6.45, 7) is 1.59. The first-order chi connectivity index (χ1) is 12.0. The van der Waals surface area contributed by atoms with E-state index < -0.39 is 11.0 Å². The summed E-state index contributed by atoms with van der Waals surface area (Å²) in [6.07, 6.45) is 2.03. The number of nitrogens with zero attached hydrogens (tertiary/aromatic N) is 2.